The van der Waals surface area contributed by atoms with Crippen LogP contribution in [0.3, 0.4) is 0 Å². The molecule has 1 heterocycles. The van der Waals surface area contributed by atoms with E-state index in [9.17, 15) is 4.79 Å². The zero-order valence-electron chi connectivity index (χ0n) is 13.3. The first kappa shape index (κ1) is 16.1. The number of aromatic amines is 1. The van der Waals surface area contributed by atoms with Crippen LogP contribution in [-0.2, 0) is 6.42 Å². The molecular formula is C17H23N3O2. The second-order valence-corrected chi connectivity index (χ2v) is 5.48. The number of carbonyl (C=O) groups excluding carboxylic acids is 1. The second kappa shape index (κ2) is 7.64. The molecule has 0 aliphatic rings. The number of benzene rings is 1. The monoisotopic (exact) mass is 301 g/mol. The number of amides is 1. The van der Waals surface area contributed by atoms with Gasteiger partial charge in [-0.25, -0.2) is 0 Å². The Hall–Kier alpha value is -2.30. The summed E-state index contributed by atoms with van der Waals surface area (Å²) in [5.74, 6) is 0.630. The average Bonchev–Trinajstić information content (AvgIpc) is 2.94. The smallest absolute Gasteiger partial charge is 0.271 e. The van der Waals surface area contributed by atoms with Gasteiger partial charge in [0.25, 0.3) is 5.91 Å². The van der Waals surface area contributed by atoms with Crippen LogP contribution >= 0.6 is 0 Å². The Morgan fingerprint density at radius 2 is 2.23 bits per heavy atom. The van der Waals surface area contributed by atoms with Gasteiger partial charge in [0.2, 0.25) is 0 Å². The van der Waals surface area contributed by atoms with Crippen molar-refractivity contribution in [1.29, 1.82) is 0 Å². The molecule has 5 nitrogen and oxygen atoms in total. The third-order valence-corrected chi connectivity index (χ3v) is 3.26. The SMILES string of the molecule is CCCc1cc(C(=O)NCC(C)Oc2cccc(C)c2)n[nH]1. The Balaban J connectivity index is 1.82. The summed E-state index contributed by atoms with van der Waals surface area (Å²) >= 11 is 0. The van der Waals surface area contributed by atoms with Gasteiger partial charge in [0.05, 0.1) is 6.54 Å². The Kier molecular flexibility index (Phi) is 5.58. The van der Waals surface area contributed by atoms with E-state index in [1.807, 2.05) is 38.1 Å². The number of aromatic nitrogens is 2. The van der Waals surface area contributed by atoms with E-state index >= 15 is 0 Å². The van der Waals surface area contributed by atoms with Crippen molar-refractivity contribution in [3.05, 3.63) is 47.3 Å². The minimum atomic E-state index is -0.182. The van der Waals surface area contributed by atoms with Gasteiger partial charge in [-0.15, -0.1) is 0 Å². The Bertz CT molecular complexity index is 622. The van der Waals surface area contributed by atoms with E-state index in [4.69, 9.17) is 4.74 Å². The molecule has 0 saturated carbocycles. The molecule has 2 N–H and O–H groups in total. The average molecular weight is 301 g/mol. The number of rotatable bonds is 7. The fraction of sp³-hybridized carbons (Fsp3) is 0.412. The Morgan fingerprint density at radius 3 is 2.95 bits per heavy atom. The van der Waals surface area contributed by atoms with Gasteiger partial charge in [0.1, 0.15) is 17.5 Å². The molecule has 0 bridgehead atoms. The molecule has 0 aliphatic heterocycles. The van der Waals surface area contributed by atoms with Crippen LogP contribution in [0.25, 0.3) is 0 Å². The highest BCUT2D eigenvalue weighted by Gasteiger charge is 2.12. The molecule has 118 valence electrons. The van der Waals surface area contributed by atoms with Crippen LogP contribution in [0.15, 0.2) is 30.3 Å². The molecule has 0 radical (unpaired) electrons. The number of ether oxygens (including phenoxy) is 1. The predicted molar refractivity (Wildman–Crippen MR) is 86.2 cm³/mol. The number of aryl methyl sites for hydroxylation is 2. The summed E-state index contributed by atoms with van der Waals surface area (Å²) in [6, 6.07) is 9.66. The van der Waals surface area contributed by atoms with Crippen LogP contribution in [0.5, 0.6) is 5.75 Å². The van der Waals surface area contributed by atoms with Crippen molar-refractivity contribution in [1.82, 2.24) is 15.5 Å². The van der Waals surface area contributed by atoms with Gasteiger partial charge in [-0.2, -0.15) is 5.10 Å². The first-order valence-electron chi connectivity index (χ1n) is 7.64. The summed E-state index contributed by atoms with van der Waals surface area (Å²) in [6.45, 7) is 6.47. The van der Waals surface area contributed by atoms with E-state index in [1.54, 1.807) is 6.07 Å². The molecule has 1 atom stereocenters. The summed E-state index contributed by atoms with van der Waals surface area (Å²) in [5, 5.41) is 9.75. The first-order valence-corrected chi connectivity index (χ1v) is 7.64. The van der Waals surface area contributed by atoms with Crippen LogP contribution in [0.1, 0.15) is 42.0 Å². The summed E-state index contributed by atoms with van der Waals surface area (Å²) in [6.07, 6.45) is 1.80. The largest absolute Gasteiger partial charge is 0.489 e. The molecule has 2 aromatic rings. The molecule has 1 unspecified atom stereocenters. The predicted octanol–water partition coefficient (Wildman–Crippen LogP) is 2.87. The summed E-state index contributed by atoms with van der Waals surface area (Å²) in [4.78, 5) is 12.0. The van der Waals surface area contributed by atoms with Crippen LogP contribution in [-0.4, -0.2) is 28.8 Å². The standard InChI is InChI=1S/C17H23N3O2/c1-4-6-14-10-16(20-19-14)17(21)18-11-13(3)22-15-8-5-7-12(2)9-15/h5,7-10,13H,4,6,11H2,1-3H3,(H,18,21)(H,19,20). The molecule has 1 aromatic heterocycles. The number of hydrogen-bond acceptors (Lipinski definition) is 3. The lowest BCUT2D eigenvalue weighted by Crippen LogP contribution is -2.33. The lowest BCUT2D eigenvalue weighted by molar-refractivity contribution is 0.0927. The molecule has 22 heavy (non-hydrogen) atoms. The fourth-order valence-electron chi connectivity index (χ4n) is 2.16. The second-order valence-electron chi connectivity index (χ2n) is 5.48. The maximum absolute atomic E-state index is 12.0. The van der Waals surface area contributed by atoms with E-state index in [0.717, 1.165) is 29.8 Å². The van der Waals surface area contributed by atoms with E-state index < -0.39 is 0 Å². The van der Waals surface area contributed by atoms with Gasteiger partial charge in [-0.05, 0) is 44.0 Å². The number of H-pyrrole nitrogens is 1. The maximum Gasteiger partial charge on any atom is 0.271 e. The van der Waals surface area contributed by atoms with Gasteiger partial charge in [-0.3, -0.25) is 9.89 Å². The van der Waals surface area contributed by atoms with Crippen molar-refractivity contribution in [2.75, 3.05) is 6.54 Å². The molecular weight excluding hydrogens is 278 g/mol. The van der Waals surface area contributed by atoms with E-state index in [-0.39, 0.29) is 12.0 Å². The van der Waals surface area contributed by atoms with Gasteiger partial charge in [0.15, 0.2) is 0 Å². The van der Waals surface area contributed by atoms with Gasteiger partial charge < -0.3 is 10.1 Å². The molecule has 0 spiro atoms. The summed E-state index contributed by atoms with van der Waals surface area (Å²) in [5.41, 5.74) is 2.55. The van der Waals surface area contributed by atoms with E-state index in [2.05, 4.69) is 22.4 Å². The van der Waals surface area contributed by atoms with Crippen molar-refractivity contribution >= 4 is 5.91 Å². The van der Waals surface area contributed by atoms with Crippen molar-refractivity contribution < 1.29 is 9.53 Å². The highest BCUT2D eigenvalue weighted by molar-refractivity contribution is 5.92. The summed E-state index contributed by atoms with van der Waals surface area (Å²) in [7, 11) is 0. The molecule has 0 saturated heterocycles. The topological polar surface area (TPSA) is 67.0 Å². The third-order valence-electron chi connectivity index (χ3n) is 3.26. The van der Waals surface area contributed by atoms with Crippen LogP contribution in [0.4, 0.5) is 0 Å². The lowest BCUT2D eigenvalue weighted by Gasteiger charge is -2.15. The van der Waals surface area contributed by atoms with Gasteiger partial charge >= 0.3 is 0 Å². The zero-order valence-corrected chi connectivity index (χ0v) is 13.3. The molecule has 1 amide bonds. The van der Waals surface area contributed by atoms with Gasteiger partial charge in [0, 0.05) is 5.69 Å². The van der Waals surface area contributed by atoms with Crippen LogP contribution in [0.2, 0.25) is 0 Å². The maximum atomic E-state index is 12.0. The molecule has 5 heteroatoms. The van der Waals surface area contributed by atoms with Crippen molar-refractivity contribution in [2.45, 2.75) is 39.7 Å². The molecule has 2 rings (SSSR count). The quantitative estimate of drug-likeness (QED) is 0.826. The Morgan fingerprint density at radius 1 is 1.41 bits per heavy atom. The number of hydrogen-bond donors (Lipinski definition) is 2. The Labute approximate surface area is 131 Å². The molecule has 0 aliphatic carbocycles. The first-order chi connectivity index (χ1) is 10.6. The number of nitrogens with zero attached hydrogens (tertiary/aromatic N) is 1. The van der Waals surface area contributed by atoms with E-state index in [1.165, 1.54) is 0 Å². The molecule has 1 aromatic carbocycles. The highest BCUT2D eigenvalue weighted by Crippen LogP contribution is 2.13. The lowest BCUT2D eigenvalue weighted by atomic mass is 10.2. The van der Waals surface area contributed by atoms with Crippen molar-refractivity contribution in [2.24, 2.45) is 0 Å². The molecule has 0 fully saturated rings. The van der Waals surface area contributed by atoms with Gasteiger partial charge in [-0.1, -0.05) is 25.5 Å². The summed E-state index contributed by atoms with van der Waals surface area (Å²) < 4.78 is 5.78. The van der Waals surface area contributed by atoms with Crippen LogP contribution in [0, 0.1) is 6.92 Å². The number of nitrogens with one attached hydrogen (secondary N) is 2. The number of carbonyl (C=O) groups is 1. The minimum absolute atomic E-state index is 0.111. The van der Waals surface area contributed by atoms with Crippen molar-refractivity contribution in [3.63, 3.8) is 0 Å². The van der Waals surface area contributed by atoms with E-state index in [0.29, 0.717) is 12.2 Å². The van der Waals surface area contributed by atoms with Crippen LogP contribution < -0.4 is 10.1 Å². The normalized spacial score (nSPS) is 12.0. The van der Waals surface area contributed by atoms with Crippen molar-refractivity contribution in [3.8, 4) is 5.75 Å². The highest BCUT2D eigenvalue weighted by atomic mass is 16.5. The third kappa shape index (κ3) is 4.62. The zero-order chi connectivity index (χ0) is 15.9. The fourth-order valence-corrected chi connectivity index (χ4v) is 2.16. The minimum Gasteiger partial charge on any atom is -0.489 e.